The van der Waals surface area contributed by atoms with Crippen LogP contribution >= 0.6 is 0 Å². The molecule has 3 aliphatic heterocycles. The van der Waals surface area contributed by atoms with Crippen molar-refractivity contribution in [1.29, 1.82) is 0 Å². The Morgan fingerprint density at radius 3 is 2.80 bits per heavy atom. The number of hydrogen-bond acceptors (Lipinski definition) is 10. The molecule has 12 nitrogen and oxygen atoms in total. The van der Waals surface area contributed by atoms with Gasteiger partial charge in [-0.25, -0.2) is 13.9 Å². The van der Waals surface area contributed by atoms with Gasteiger partial charge in [0.2, 0.25) is 0 Å². The fourth-order valence-corrected chi connectivity index (χ4v) is 5.02. The molecule has 208 valence electrons. The van der Waals surface area contributed by atoms with Crippen LogP contribution in [0.1, 0.15) is 25.0 Å². The van der Waals surface area contributed by atoms with E-state index >= 15 is 4.39 Å². The summed E-state index contributed by atoms with van der Waals surface area (Å²) in [5, 5.41) is 15.0. The summed E-state index contributed by atoms with van der Waals surface area (Å²) in [5.74, 6) is -0.753. The van der Waals surface area contributed by atoms with Crippen molar-refractivity contribution in [2.45, 2.75) is 38.0 Å². The second kappa shape index (κ2) is 11.4. The van der Waals surface area contributed by atoms with Gasteiger partial charge in [0.05, 0.1) is 36.6 Å². The van der Waals surface area contributed by atoms with Crippen LogP contribution in [0, 0.1) is 11.7 Å². The first-order valence-corrected chi connectivity index (χ1v) is 13.2. The zero-order valence-electron chi connectivity index (χ0n) is 21.6. The van der Waals surface area contributed by atoms with Gasteiger partial charge in [-0.05, 0) is 50.2 Å². The normalized spacial score (nSPS) is 21.2. The third kappa shape index (κ3) is 5.64. The van der Waals surface area contributed by atoms with Crippen LogP contribution in [0.3, 0.4) is 0 Å². The average molecular weight is 550 g/mol. The van der Waals surface area contributed by atoms with Crippen LogP contribution in [-0.2, 0) is 25.7 Å². The van der Waals surface area contributed by atoms with Gasteiger partial charge in [-0.2, -0.15) is 0 Å². The highest BCUT2D eigenvalue weighted by molar-refractivity contribution is 5.99. The number of oxime groups is 1. The van der Waals surface area contributed by atoms with E-state index in [0.29, 0.717) is 41.2 Å². The number of esters is 1. The van der Waals surface area contributed by atoms with Gasteiger partial charge in [-0.1, -0.05) is 16.4 Å². The van der Waals surface area contributed by atoms with Crippen LogP contribution in [0.5, 0.6) is 0 Å². The predicted octanol–water partition coefficient (Wildman–Crippen LogP) is 2.54. The lowest BCUT2D eigenvalue weighted by molar-refractivity contribution is -0.153. The number of pyridine rings is 1. The molecule has 0 spiro atoms. The summed E-state index contributed by atoms with van der Waals surface area (Å²) in [5.41, 5.74) is 2.57. The lowest BCUT2D eigenvalue weighted by Gasteiger charge is -2.21. The number of amides is 1. The molecule has 2 fully saturated rings. The number of piperidine rings is 1. The lowest BCUT2D eigenvalue weighted by Crippen LogP contribution is -2.33. The highest BCUT2D eigenvalue weighted by Gasteiger charge is 2.33. The molecule has 5 heterocycles. The van der Waals surface area contributed by atoms with E-state index in [2.05, 4.69) is 25.8 Å². The fraction of sp³-hybridized carbons (Fsp3) is 0.407. The molecule has 1 N–H and O–H groups in total. The maximum Gasteiger partial charge on any atom is 0.414 e. The number of nitrogens with one attached hydrogen (secondary N) is 1. The molecule has 1 unspecified atom stereocenters. The monoisotopic (exact) mass is 549 g/mol. The number of carbonyl (C=O) groups is 2. The molecular formula is C27H28FN7O5. The van der Waals surface area contributed by atoms with Crippen molar-refractivity contribution in [2.24, 2.45) is 11.1 Å². The first-order valence-electron chi connectivity index (χ1n) is 13.2. The molecule has 6 rings (SSSR count). The summed E-state index contributed by atoms with van der Waals surface area (Å²) in [6, 6.07) is 8.11. The van der Waals surface area contributed by atoms with E-state index < -0.39 is 18.0 Å². The minimum Gasteiger partial charge on any atom is -0.461 e. The van der Waals surface area contributed by atoms with E-state index in [0.717, 1.165) is 25.9 Å². The Kier molecular flexibility index (Phi) is 7.36. The maximum absolute atomic E-state index is 15.1. The SMILES string of the molecule is O=C(OCC1CC(c2ccc(-c3ccc(N4C[C@H](Cn5ccnn5)OC4=O)cc3F)cn2)=NO1)C1CCNCC1. The highest BCUT2D eigenvalue weighted by Crippen LogP contribution is 2.29. The minimum atomic E-state index is -0.540. The van der Waals surface area contributed by atoms with Gasteiger partial charge in [-0.3, -0.25) is 14.7 Å². The van der Waals surface area contributed by atoms with Crippen molar-refractivity contribution in [2.75, 3.05) is 31.1 Å². The van der Waals surface area contributed by atoms with Gasteiger partial charge < -0.3 is 19.6 Å². The van der Waals surface area contributed by atoms with Gasteiger partial charge in [-0.15, -0.1) is 5.10 Å². The van der Waals surface area contributed by atoms with Crippen LogP contribution < -0.4 is 10.2 Å². The number of ether oxygens (including phenoxy) is 2. The van der Waals surface area contributed by atoms with Gasteiger partial charge in [0.15, 0.2) is 6.10 Å². The fourth-order valence-electron chi connectivity index (χ4n) is 5.02. The lowest BCUT2D eigenvalue weighted by atomic mass is 9.98. The minimum absolute atomic E-state index is 0.0711. The van der Waals surface area contributed by atoms with Crippen molar-refractivity contribution >= 4 is 23.5 Å². The molecule has 2 atom stereocenters. The maximum atomic E-state index is 15.1. The molecule has 3 aromatic rings. The van der Waals surface area contributed by atoms with Crippen molar-refractivity contribution in [3.63, 3.8) is 0 Å². The average Bonchev–Trinajstić information content (AvgIpc) is 3.74. The molecule has 1 aromatic carbocycles. The summed E-state index contributed by atoms with van der Waals surface area (Å²) in [4.78, 5) is 36.0. The Morgan fingerprint density at radius 1 is 1.18 bits per heavy atom. The predicted molar refractivity (Wildman–Crippen MR) is 140 cm³/mol. The molecule has 0 bridgehead atoms. The molecular weight excluding hydrogens is 521 g/mol. The van der Waals surface area contributed by atoms with Crippen molar-refractivity contribution in [3.05, 3.63) is 60.4 Å². The third-order valence-electron chi connectivity index (χ3n) is 7.19. The molecule has 1 amide bonds. The zero-order chi connectivity index (χ0) is 27.5. The molecule has 0 aliphatic carbocycles. The highest BCUT2D eigenvalue weighted by atomic mass is 19.1. The van der Waals surface area contributed by atoms with Crippen LogP contribution in [0.25, 0.3) is 11.1 Å². The van der Waals surface area contributed by atoms with Crippen molar-refractivity contribution in [1.82, 2.24) is 25.3 Å². The largest absolute Gasteiger partial charge is 0.461 e. The standard InChI is InChI=1S/C27H28FN7O5/c28-23-11-19(35-15-21(39-27(35)37)14-34-10-9-31-33-34)2-3-22(23)18-1-4-24(30-13-18)25-12-20(40-32-25)16-38-26(36)17-5-7-29-8-6-17/h1-4,9-11,13,17,20-21,29H,5-8,12,14-16H2/t20?,21-/m0/s1. The number of cyclic esters (lactones) is 1. The molecule has 40 heavy (non-hydrogen) atoms. The van der Waals surface area contributed by atoms with E-state index in [-0.39, 0.29) is 31.1 Å². The zero-order valence-corrected chi connectivity index (χ0v) is 21.6. The molecule has 3 aliphatic rings. The number of aromatic nitrogens is 4. The second-order valence-corrected chi connectivity index (χ2v) is 9.96. The smallest absolute Gasteiger partial charge is 0.414 e. The number of rotatable bonds is 8. The van der Waals surface area contributed by atoms with E-state index in [1.807, 2.05) is 0 Å². The number of halogens is 1. The van der Waals surface area contributed by atoms with E-state index in [4.69, 9.17) is 14.3 Å². The number of benzene rings is 1. The van der Waals surface area contributed by atoms with Crippen molar-refractivity contribution in [3.8, 4) is 11.1 Å². The van der Waals surface area contributed by atoms with Crippen LogP contribution in [0.15, 0.2) is 54.1 Å². The Hall–Kier alpha value is -4.39. The molecule has 2 aromatic heterocycles. The van der Waals surface area contributed by atoms with Crippen LogP contribution in [0.4, 0.5) is 14.9 Å². The topological polar surface area (TPSA) is 133 Å². The van der Waals surface area contributed by atoms with Gasteiger partial charge in [0, 0.05) is 29.9 Å². The molecule has 0 saturated carbocycles. The van der Waals surface area contributed by atoms with Gasteiger partial charge >= 0.3 is 12.1 Å². The Morgan fingerprint density at radius 2 is 2.05 bits per heavy atom. The number of nitrogens with zero attached hydrogens (tertiary/aromatic N) is 6. The summed E-state index contributed by atoms with van der Waals surface area (Å²) < 4.78 is 27.6. The Bertz CT molecular complexity index is 1390. The van der Waals surface area contributed by atoms with Crippen molar-refractivity contribution < 1.29 is 28.3 Å². The van der Waals surface area contributed by atoms with Gasteiger partial charge in [0.1, 0.15) is 24.2 Å². The van der Waals surface area contributed by atoms with E-state index in [1.54, 1.807) is 47.5 Å². The van der Waals surface area contributed by atoms with Crippen LogP contribution in [0.2, 0.25) is 0 Å². The molecule has 0 radical (unpaired) electrons. The number of anilines is 1. The molecule has 13 heteroatoms. The van der Waals surface area contributed by atoms with Gasteiger partial charge in [0.25, 0.3) is 0 Å². The Labute approximate surface area is 229 Å². The summed E-state index contributed by atoms with van der Waals surface area (Å²) in [6.45, 7) is 2.42. The summed E-state index contributed by atoms with van der Waals surface area (Å²) >= 11 is 0. The van der Waals surface area contributed by atoms with Crippen LogP contribution in [-0.4, -0.2) is 76.2 Å². The molecule has 2 saturated heterocycles. The second-order valence-electron chi connectivity index (χ2n) is 9.96. The summed E-state index contributed by atoms with van der Waals surface area (Å²) in [7, 11) is 0. The quantitative estimate of drug-likeness (QED) is 0.421. The first kappa shape index (κ1) is 25.9. The van der Waals surface area contributed by atoms with E-state index in [9.17, 15) is 9.59 Å². The Balaban J connectivity index is 1.04. The summed E-state index contributed by atoms with van der Waals surface area (Å²) in [6.07, 6.45) is 5.50. The number of hydrogen-bond donors (Lipinski definition) is 1. The third-order valence-corrected chi connectivity index (χ3v) is 7.19. The number of carbonyl (C=O) groups excluding carboxylic acids is 2. The van der Waals surface area contributed by atoms with E-state index in [1.165, 1.54) is 11.0 Å². The first-order chi connectivity index (χ1) is 19.5.